The second kappa shape index (κ2) is 8.95. The molecule has 0 saturated carbocycles. The van der Waals surface area contributed by atoms with Crippen LogP contribution >= 0.6 is 0 Å². The molecule has 0 saturated heterocycles. The first-order valence-electron chi connectivity index (χ1n) is 10.7. The molecule has 1 amide bonds. The minimum atomic E-state index is -0.489. The highest BCUT2D eigenvalue weighted by Crippen LogP contribution is 2.32. The number of carbonyl (C=O) groups excluding carboxylic acids is 1. The molecule has 0 aliphatic carbocycles. The summed E-state index contributed by atoms with van der Waals surface area (Å²) in [7, 11) is 0. The number of nitrogens with one attached hydrogen (secondary N) is 1. The number of carbonyl (C=O) groups is 1. The van der Waals surface area contributed by atoms with Crippen molar-refractivity contribution in [3.05, 3.63) is 103 Å². The van der Waals surface area contributed by atoms with Crippen LogP contribution in [0, 0.1) is 0 Å². The van der Waals surface area contributed by atoms with Crippen LogP contribution in [0.2, 0.25) is 0 Å². The van der Waals surface area contributed by atoms with Crippen LogP contribution in [0.15, 0.2) is 91.3 Å². The van der Waals surface area contributed by atoms with E-state index in [-0.39, 0.29) is 18.1 Å². The molecule has 0 aliphatic rings. The smallest absolute Gasteiger partial charge is 0.274 e. The third-order valence-corrected chi connectivity index (χ3v) is 5.41. The Bertz CT molecular complexity index is 1500. The molecule has 8 heteroatoms. The number of hydrogen-bond acceptors (Lipinski definition) is 6. The molecule has 0 bridgehead atoms. The Morgan fingerprint density at radius 3 is 2.53 bits per heavy atom. The molecule has 2 aromatic carbocycles. The van der Waals surface area contributed by atoms with E-state index in [0.29, 0.717) is 17.1 Å². The molecule has 4 N–H and O–H groups in total. The maximum absolute atomic E-state index is 13.0. The van der Waals surface area contributed by atoms with Crippen LogP contribution in [0.4, 0.5) is 5.82 Å². The number of aromatic nitrogens is 4. The molecule has 8 nitrogen and oxygen atoms in total. The van der Waals surface area contributed by atoms with E-state index in [9.17, 15) is 10.0 Å². The van der Waals surface area contributed by atoms with Gasteiger partial charge in [-0.15, -0.1) is 0 Å². The Labute approximate surface area is 195 Å². The summed E-state index contributed by atoms with van der Waals surface area (Å²) in [5, 5.41) is 13.6. The van der Waals surface area contributed by atoms with Gasteiger partial charge in [0.25, 0.3) is 11.6 Å². The average Bonchev–Trinajstić information content (AvgIpc) is 2.88. The summed E-state index contributed by atoms with van der Waals surface area (Å²) in [6.07, 6.45) is 3.22. The van der Waals surface area contributed by atoms with Crippen molar-refractivity contribution in [2.24, 2.45) is 0 Å². The lowest BCUT2D eigenvalue weighted by Gasteiger charge is -2.13. The third kappa shape index (κ3) is 4.12. The topological polar surface area (TPSA) is 118 Å². The first kappa shape index (κ1) is 21.0. The Kier molecular flexibility index (Phi) is 5.53. The van der Waals surface area contributed by atoms with Gasteiger partial charge in [-0.05, 0) is 24.3 Å². The standard InChI is InChI=1S/C26H20N6O2/c27-25-24(26(33)29-16-20-10-4-5-14-32(20)34)30-23(22(31-25)17-7-2-1-3-8-17)19-11-12-21-18(15-19)9-6-13-28-21/h1-15H,16H2,(H3-,27,29,31,33,34)/p+1. The second-order valence-electron chi connectivity index (χ2n) is 7.65. The SMILES string of the molecule is Nc1nc(-c2ccccc2)c(-c2ccc3ncccc3c2)nc1C(=O)NCc1cccc[n+]1O. The highest BCUT2D eigenvalue weighted by atomic mass is 16.5. The Hall–Kier alpha value is -4.85. The van der Waals surface area contributed by atoms with Gasteiger partial charge in [0.15, 0.2) is 11.5 Å². The van der Waals surface area contributed by atoms with Gasteiger partial charge in [-0.1, -0.05) is 42.5 Å². The second-order valence-corrected chi connectivity index (χ2v) is 7.65. The first-order chi connectivity index (χ1) is 16.6. The van der Waals surface area contributed by atoms with Crippen molar-refractivity contribution >= 4 is 22.6 Å². The number of rotatable bonds is 5. The number of nitrogen functional groups attached to an aromatic ring is 1. The quantitative estimate of drug-likeness (QED) is 0.280. The van der Waals surface area contributed by atoms with Gasteiger partial charge in [0.05, 0.1) is 16.9 Å². The number of anilines is 1. The van der Waals surface area contributed by atoms with Gasteiger partial charge in [-0.3, -0.25) is 15.0 Å². The molecule has 3 heterocycles. The monoisotopic (exact) mass is 449 g/mol. The van der Waals surface area contributed by atoms with Gasteiger partial charge in [-0.25, -0.2) is 9.97 Å². The van der Waals surface area contributed by atoms with Crippen LogP contribution in [0.25, 0.3) is 33.4 Å². The van der Waals surface area contributed by atoms with E-state index in [4.69, 9.17) is 5.73 Å². The number of benzene rings is 2. The number of fused-ring (bicyclic) bond motifs is 1. The molecule has 0 spiro atoms. The van der Waals surface area contributed by atoms with Crippen LogP contribution in [-0.2, 0) is 6.54 Å². The fraction of sp³-hybridized carbons (Fsp3) is 0.0385. The molecule has 3 aromatic heterocycles. The summed E-state index contributed by atoms with van der Waals surface area (Å²) in [6.45, 7) is 0.0920. The molecular formula is C26H21N6O2+. The number of pyridine rings is 2. The fourth-order valence-electron chi connectivity index (χ4n) is 3.70. The Morgan fingerprint density at radius 1 is 0.912 bits per heavy atom. The molecule has 166 valence electrons. The number of nitrogens with two attached hydrogens (primary N) is 1. The summed E-state index contributed by atoms with van der Waals surface area (Å²) in [5.74, 6) is -0.468. The first-order valence-corrected chi connectivity index (χ1v) is 10.7. The lowest BCUT2D eigenvalue weighted by molar-refractivity contribution is -0.909. The largest absolute Gasteiger partial charge is 0.382 e. The van der Waals surface area contributed by atoms with Crippen molar-refractivity contribution in [3.63, 3.8) is 0 Å². The normalized spacial score (nSPS) is 10.8. The molecule has 5 rings (SSSR count). The fourth-order valence-corrected chi connectivity index (χ4v) is 3.70. The highest BCUT2D eigenvalue weighted by Gasteiger charge is 2.21. The van der Waals surface area contributed by atoms with Crippen LogP contribution in [0.1, 0.15) is 16.2 Å². The van der Waals surface area contributed by atoms with Crippen LogP contribution in [0.5, 0.6) is 0 Å². The predicted octanol–water partition coefficient (Wildman–Crippen LogP) is 3.40. The maximum Gasteiger partial charge on any atom is 0.274 e. The molecule has 34 heavy (non-hydrogen) atoms. The van der Waals surface area contributed by atoms with Gasteiger partial charge in [0.1, 0.15) is 6.54 Å². The molecule has 0 radical (unpaired) electrons. The molecule has 0 aliphatic heterocycles. The predicted molar refractivity (Wildman–Crippen MR) is 128 cm³/mol. The highest BCUT2D eigenvalue weighted by molar-refractivity contribution is 5.98. The van der Waals surface area contributed by atoms with Crippen LogP contribution < -0.4 is 15.8 Å². The van der Waals surface area contributed by atoms with Gasteiger partial charge in [0.2, 0.25) is 6.20 Å². The Balaban J connectivity index is 1.58. The van der Waals surface area contributed by atoms with Crippen molar-refractivity contribution in [2.45, 2.75) is 6.54 Å². The van der Waals surface area contributed by atoms with Crippen LogP contribution in [0.3, 0.4) is 0 Å². The molecular weight excluding hydrogens is 428 g/mol. The van der Waals surface area contributed by atoms with Crippen molar-refractivity contribution in [3.8, 4) is 22.5 Å². The minimum absolute atomic E-state index is 0.0152. The summed E-state index contributed by atoms with van der Waals surface area (Å²) in [6, 6.07) is 24.3. The van der Waals surface area contributed by atoms with E-state index in [0.717, 1.165) is 26.8 Å². The zero-order chi connectivity index (χ0) is 23.5. The van der Waals surface area contributed by atoms with E-state index in [1.165, 1.54) is 6.20 Å². The third-order valence-electron chi connectivity index (χ3n) is 5.41. The summed E-state index contributed by atoms with van der Waals surface area (Å²) < 4.78 is 0.947. The summed E-state index contributed by atoms with van der Waals surface area (Å²) >= 11 is 0. The van der Waals surface area contributed by atoms with Crippen molar-refractivity contribution in [1.29, 1.82) is 0 Å². The van der Waals surface area contributed by atoms with Crippen molar-refractivity contribution in [2.75, 3.05) is 5.73 Å². The van der Waals surface area contributed by atoms with Gasteiger partial charge >= 0.3 is 0 Å². The van der Waals surface area contributed by atoms with E-state index < -0.39 is 5.91 Å². The lowest BCUT2D eigenvalue weighted by atomic mass is 10.0. The maximum atomic E-state index is 13.0. The molecule has 0 atom stereocenters. The summed E-state index contributed by atoms with van der Waals surface area (Å²) in [5.41, 5.74) is 10.3. The van der Waals surface area contributed by atoms with Gasteiger partial charge < -0.3 is 11.1 Å². The summed E-state index contributed by atoms with van der Waals surface area (Å²) in [4.78, 5) is 26.6. The van der Waals surface area contributed by atoms with Crippen LogP contribution in [-0.4, -0.2) is 26.1 Å². The average molecular weight is 449 g/mol. The van der Waals surface area contributed by atoms with E-state index in [2.05, 4.69) is 20.3 Å². The van der Waals surface area contributed by atoms with Crippen molar-refractivity contribution < 1.29 is 14.7 Å². The molecule has 5 aromatic rings. The van der Waals surface area contributed by atoms with Gasteiger partial charge in [0, 0.05) is 39.6 Å². The number of amides is 1. The number of nitrogens with zero attached hydrogens (tertiary/aromatic N) is 4. The lowest BCUT2D eigenvalue weighted by Crippen LogP contribution is -2.38. The Morgan fingerprint density at radius 2 is 1.71 bits per heavy atom. The van der Waals surface area contributed by atoms with E-state index >= 15 is 0 Å². The van der Waals surface area contributed by atoms with Gasteiger partial charge in [-0.2, -0.15) is 0 Å². The molecule has 0 unspecified atom stereocenters. The van der Waals surface area contributed by atoms with Crippen molar-refractivity contribution in [1.82, 2.24) is 20.3 Å². The number of hydrogen-bond donors (Lipinski definition) is 3. The van der Waals surface area contributed by atoms with E-state index in [1.807, 2.05) is 60.7 Å². The molecule has 0 fully saturated rings. The zero-order valence-electron chi connectivity index (χ0n) is 18.1. The minimum Gasteiger partial charge on any atom is -0.382 e. The van der Waals surface area contributed by atoms with E-state index in [1.54, 1.807) is 24.4 Å². The zero-order valence-corrected chi connectivity index (χ0v) is 18.1.